The number of hydrogen-bond donors (Lipinski definition) is 0. The minimum atomic E-state index is -0.0830. The fourth-order valence-corrected chi connectivity index (χ4v) is 8.08. The number of carbonyl (C=O) groups is 1. The Morgan fingerprint density at radius 2 is 1.74 bits per heavy atom. The number of thiazole rings is 2. The third kappa shape index (κ3) is 5.14. The standard InChI is InChI=1S/C29H21Cl2N3OS3/c1-17-27(38-28(32-17)20-5-3-2-4-6-20)29-34(26(35)16-37-29)21-10-8-19(9-11-21)24-15-36-25(33-24)14-18-7-12-22(30)23(31)13-18/h2-13,15,29H,14,16H2,1H3. The molecule has 0 N–H and O–H groups in total. The second-order valence-corrected chi connectivity index (χ2v) is 12.7. The number of thioether (sulfide) groups is 1. The number of anilines is 1. The molecule has 3 heterocycles. The number of benzene rings is 3. The van der Waals surface area contributed by atoms with Crippen molar-refractivity contribution in [1.29, 1.82) is 0 Å². The van der Waals surface area contributed by atoms with Crippen molar-refractivity contribution in [2.75, 3.05) is 10.7 Å². The summed E-state index contributed by atoms with van der Waals surface area (Å²) in [7, 11) is 0. The summed E-state index contributed by atoms with van der Waals surface area (Å²) in [5.74, 6) is 0.564. The molecule has 1 aliphatic rings. The number of halogens is 2. The Kier molecular flexibility index (Phi) is 7.29. The summed E-state index contributed by atoms with van der Waals surface area (Å²) in [6.07, 6.45) is 0.694. The molecule has 0 aliphatic carbocycles. The van der Waals surface area contributed by atoms with E-state index in [1.807, 2.05) is 72.5 Å². The summed E-state index contributed by atoms with van der Waals surface area (Å²) in [4.78, 5) is 25.7. The van der Waals surface area contributed by atoms with E-state index >= 15 is 0 Å². The van der Waals surface area contributed by atoms with Crippen LogP contribution in [0.4, 0.5) is 5.69 Å². The molecule has 1 saturated heterocycles. The van der Waals surface area contributed by atoms with Crippen molar-refractivity contribution in [3.63, 3.8) is 0 Å². The predicted octanol–water partition coefficient (Wildman–Crippen LogP) is 8.92. The zero-order valence-electron chi connectivity index (χ0n) is 20.2. The lowest BCUT2D eigenvalue weighted by atomic mass is 10.1. The fraction of sp³-hybridized carbons (Fsp3) is 0.138. The molecule has 9 heteroatoms. The van der Waals surface area contributed by atoms with Crippen LogP contribution >= 0.6 is 57.6 Å². The van der Waals surface area contributed by atoms with Gasteiger partial charge in [0.15, 0.2) is 0 Å². The number of aryl methyl sites for hydroxylation is 1. The Morgan fingerprint density at radius 1 is 0.947 bits per heavy atom. The fourth-order valence-electron chi connectivity index (χ4n) is 4.38. The summed E-state index contributed by atoms with van der Waals surface area (Å²) in [6.45, 7) is 2.03. The first-order chi connectivity index (χ1) is 18.5. The van der Waals surface area contributed by atoms with Gasteiger partial charge in [0.2, 0.25) is 5.91 Å². The number of hydrogen-bond acceptors (Lipinski definition) is 6. The molecule has 1 amide bonds. The SMILES string of the molecule is Cc1nc(-c2ccccc2)sc1C1SCC(=O)N1c1ccc(-c2csc(Cc3ccc(Cl)c(Cl)c3)n2)cc1. The number of carbonyl (C=O) groups excluding carboxylic acids is 1. The molecule has 1 unspecified atom stereocenters. The number of amides is 1. The van der Waals surface area contributed by atoms with Gasteiger partial charge in [-0.05, 0) is 36.8 Å². The van der Waals surface area contributed by atoms with Crippen LogP contribution in [0.15, 0.2) is 78.2 Å². The van der Waals surface area contributed by atoms with Gasteiger partial charge < -0.3 is 0 Å². The third-order valence-electron chi connectivity index (χ3n) is 6.28. The molecule has 0 bridgehead atoms. The lowest BCUT2D eigenvalue weighted by Crippen LogP contribution is -2.27. The predicted molar refractivity (Wildman–Crippen MR) is 162 cm³/mol. The second kappa shape index (κ2) is 10.8. The van der Waals surface area contributed by atoms with Gasteiger partial charge in [-0.3, -0.25) is 9.69 Å². The van der Waals surface area contributed by atoms with Crippen LogP contribution in [0, 0.1) is 6.92 Å². The van der Waals surface area contributed by atoms with Gasteiger partial charge in [-0.15, -0.1) is 34.4 Å². The first-order valence-electron chi connectivity index (χ1n) is 11.9. The summed E-state index contributed by atoms with van der Waals surface area (Å²) in [5, 5.41) is 5.06. The average molecular weight is 595 g/mol. The molecule has 5 aromatic rings. The summed E-state index contributed by atoms with van der Waals surface area (Å²) in [6, 6.07) is 24.0. The van der Waals surface area contributed by atoms with Crippen LogP contribution in [0.2, 0.25) is 10.0 Å². The molecule has 0 radical (unpaired) electrons. The van der Waals surface area contributed by atoms with Crippen molar-refractivity contribution in [3.05, 3.63) is 109 Å². The zero-order chi connectivity index (χ0) is 26.2. The van der Waals surface area contributed by atoms with Crippen LogP contribution in [-0.4, -0.2) is 21.6 Å². The molecule has 190 valence electrons. The highest BCUT2D eigenvalue weighted by molar-refractivity contribution is 8.01. The second-order valence-electron chi connectivity index (χ2n) is 8.86. The molecule has 0 saturated carbocycles. The average Bonchev–Trinajstić information content (AvgIpc) is 3.65. The first-order valence-corrected chi connectivity index (χ1v) is 15.4. The summed E-state index contributed by atoms with van der Waals surface area (Å²) in [5.41, 5.74) is 5.95. The summed E-state index contributed by atoms with van der Waals surface area (Å²) < 4.78 is 0. The van der Waals surface area contributed by atoms with Crippen molar-refractivity contribution < 1.29 is 4.79 Å². The van der Waals surface area contributed by atoms with Crippen molar-refractivity contribution in [2.45, 2.75) is 18.7 Å². The molecule has 38 heavy (non-hydrogen) atoms. The van der Waals surface area contributed by atoms with E-state index < -0.39 is 0 Å². The smallest absolute Gasteiger partial charge is 0.238 e. The summed E-state index contributed by atoms with van der Waals surface area (Å²) >= 11 is 17.1. The van der Waals surface area contributed by atoms with Crippen molar-refractivity contribution in [2.24, 2.45) is 0 Å². The van der Waals surface area contributed by atoms with Gasteiger partial charge >= 0.3 is 0 Å². The van der Waals surface area contributed by atoms with Gasteiger partial charge in [-0.25, -0.2) is 9.97 Å². The third-order valence-corrected chi connectivity index (χ3v) is 10.4. The molecule has 2 aromatic heterocycles. The van der Waals surface area contributed by atoms with Gasteiger partial charge in [0.05, 0.1) is 37.1 Å². The molecule has 3 aromatic carbocycles. The molecular weight excluding hydrogens is 573 g/mol. The molecule has 0 spiro atoms. The van der Waals surface area contributed by atoms with Crippen LogP contribution in [-0.2, 0) is 11.2 Å². The quantitative estimate of drug-likeness (QED) is 0.197. The van der Waals surface area contributed by atoms with E-state index in [-0.39, 0.29) is 11.3 Å². The molecule has 1 atom stereocenters. The van der Waals surface area contributed by atoms with Crippen molar-refractivity contribution >= 4 is 69.2 Å². The van der Waals surface area contributed by atoms with Gasteiger partial charge in [0.1, 0.15) is 10.4 Å². The molecule has 1 aliphatic heterocycles. The molecule has 6 rings (SSSR count). The molecular formula is C29H21Cl2N3OS3. The van der Waals surface area contributed by atoms with Gasteiger partial charge in [0.25, 0.3) is 0 Å². The Balaban J connectivity index is 1.22. The minimum Gasteiger partial charge on any atom is -0.294 e. The lowest BCUT2D eigenvalue weighted by Gasteiger charge is -2.23. The Bertz CT molecular complexity index is 1620. The van der Waals surface area contributed by atoms with E-state index in [4.69, 9.17) is 33.2 Å². The van der Waals surface area contributed by atoms with Crippen molar-refractivity contribution in [3.8, 4) is 21.8 Å². The van der Waals surface area contributed by atoms with Crippen LogP contribution in [0.5, 0.6) is 0 Å². The van der Waals surface area contributed by atoms with Crippen LogP contribution < -0.4 is 4.90 Å². The maximum atomic E-state index is 13.0. The van der Waals surface area contributed by atoms with Crippen LogP contribution in [0.25, 0.3) is 21.8 Å². The Labute approximate surface area is 243 Å². The van der Waals surface area contributed by atoms with Gasteiger partial charge in [-0.1, -0.05) is 71.7 Å². The number of nitrogens with zero attached hydrogens (tertiary/aromatic N) is 3. The first kappa shape index (κ1) is 25.6. The van der Waals surface area contributed by atoms with E-state index in [2.05, 4.69) is 17.5 Å². The lowest BCUT2D eigenvalue weighted by molar-refractivity contribution is -0.115. The maximum absolute atomic E-state index is 13.0. The van der Waals surface area contributed by atoms with Gasteiger partial charge in [-0.2, -0.15) is 0 Å². The Morgan fingerprint density at radius 3 is 2.50 bits per heavy atom. The maximum Gasteiger partial charge on any atom is 0.238 e. The number of aromatic nitrogens is 2. The van der Waals surface area contributed by atoms with E-state index in [9.17, 15) is 4.79 Å². The largest absolute Gasteiger partial charge is 0.294 e. The van der Waals surface area contributed by atoms with E-state index in [0.29, 0.717) is 22.2 Å². The topological polar surface area (TPSA) is 46.1 Å². The Hall–Kier alpha value is -2.68. The van der Waals surface area contributed by atoms with Crippen LogP contribution in [0.3, 0.4) is 0 Å². The highest BCUT2D eigenvalue weighted by Gasteiger charge is 2.36. The normalized spacial score (nSPS) is 15.4. The molecule has 1 fully saturated rings. The highest BCUT2D eigenvalue weighted by atomic mass is 35.5. The van der Waals surface area contributed by atoms with E-state index in [1.54, 1.807) is 34.4 Å². The van der Waals surface area contributed by atoms with E-state index in [0.717, 1.165) is 48.7 Å². The van der Waals surface area contributed by atoms with Crippen LogP contribution in [0.1, 0.15) is 26.5 Å². The van der Waals surface area contributed by atoms with E-state index in [1.165, 1.54) is 0 Å². The highest BCUT2D eigenvalue weighted by Crippen LogP contribution is 2.46. The molecule has 4 nitrogen and oxygen atoms in total. The van der Waals surface area contributed by atoms with Gasteiger partial charge in [0, 0.05) is 28.6 Å². The monoisotopic (exact) mass is 593 g/mol. The number of rotatable bonds is 6. The zero-order valence-corrected chi connectivity index (χ0v) is 24.2. The minimum absolute atomic E-state index is 0.0830. The van der Waals surface area contributed by atoms with Crippen molar-refractivity contribution in [1.82, 2.24) is 9.97 Å².